The summed E-state index contributed by atoms with van der Waals surface area (Å²) in [5, 5.41) is 0. The topological polar surface area (TPSA) is 139 Å². The van der Waals surface area contributed by atoms with Crippen LogP contribution in [0.1, 0.15) is 49.3 Å². The molecule has 0 unspecified atom stereocenters. The first-order valence-corrected chi connectivity index (χ1v) is 15.2. The van der Waals surface area contributed by atoms with Crippen molar-refractivity contribution in [3.05, 3.63) is 71.5 Å². The number of aryl methyl sites for hydroxylation is 1. The summed E-state index contributed by atoms with van der Waals surface area (Å²) in [7, 11) is -7.90. The lowest BCUT2D eigenvalue weighted by Gasteiger charge is -2.22. The van der Waals surface area contributed by atoms with Crippen LogP contribution in [0.5, 0.6) is 0 Å². The fourth-order valence-corrected chi connectivity index (χ4v) is 8.20. The van der Waals surface area contributed by atoms with Crippen LogP contribution in [0.15, 0.2) is 59.6 Å². The highest BCUT2D eigenvalue weighted by Crippen LogP contribution is 2.52. The van der Waals surface area contributed by atoms with Gasteiger partial charge in [-0.15, -0.1) is 0 Å². The number of hydrogen-bond donors (Lipinski definition) is 1. The molecule has 0 saturated heterocycles. The number of nitrogens with zero attached hydrogens (tertiary/aromatic N) is 2. The molecule has 0 radical (unpaired) electrons. The molecule has 1 aromatic heterocycles. The number of anilines is 1. The van der Waals surface area contributed by atoms with Crippen molar-refractivity contribution < 1.29 is 26.8 Å². The van der Waals surface area contributed by atoms with Gasteiger partial charge in [-0.25, -0.2) is 18.4 Å². The van der Waals surface area contributed by atoms with Crippen molar-refractivity contribution in [1.29, 1.82) is 0 Å². The molecular weight excluding hydrogens is 513 g/mol. The number of rotatable bonds is 11. The van der Waals surface area contributed by atoms with Gasteiger partial charge < -0.3 is 14.8 Å². The Morgan fingerprint density at radius 1 is 0.973 bits per heavy atom. The second kappa shape index (κ2) is 11.6. The molecule has 3 rings (SSSR count). The molecular formula is C26H32N3O6PS. The number of aromatic nitrogens is 2. The quantitative estimate of drug-likeness (QED) is 0.253. The third-order valence-corrected chi connectivity index (χ3v) is 10.2. The first-order chi connectivity index (χ1) is 17.3. The third-order valence-electron chi connectivity index (χ3n) is 5.13. The summed E-state index contributed by atoms with van der Waals surface area (Å²) in [6.45, 7) is 8.59. The Bertz CT molecular complexity index is 1390. The summed E-state index contributed by atoms with van der Waals surface area (Å²) < 4.78 is 49.8. The van der Waals surface area contributed by atoms with Crippen molar-refractivity contribution in [2.24, 2.45) is 0 Å². The monoisotopic (exact) mass is 545 g/mol. The number of carbonyl (C=O) groups is 1. The first kappa shape index (κ1) is 28.7. The minimum atomic E-state index is -3.99. The highest BCUT2D eigenvalue weighted by atomic mass is 32.2. The van der Waals surface area contributed by atoms with Gasteiger partial charge in [0.2, 0.25) is 0 Å². The Hall–Kier alpha value is -2.91. The van der Waals surface area contributed by atoms with E-state index in [0.29, 0.717) is 11.3 Å². The molecule has 0 spiro atoms. The van der Waals surface area contributed by atoms with E-state index in [1.54, 1.807) is 27.7 Å². The molecule has 1 heterocycles. The van der Waals surface area contributed by atoms with Crippen LogP contribution < -0.4 is 5.73 Å². The number of Topliss-reactive ketones (excluding diaryl/α,β-unsaturated/α-hetero) is 1. The van der Waals surface area contributed by atoms with Gasteiger partial charge in [-0.1, -0.05) is 42.0 Å². The number of ketones is 1. The number of benzene rings is 2. The highest BCUT2D eigenvalue weighted by Gasteiger charge is 2.35. The smallest absolute Gasteiger partial charge is 0.346 e. The minimum Gasteiger partial charge on any atom is -0.382 e. The van der Waals surface area contributed by atoms with Crippen molar-refractivity contribution in [1.82, 2.24) is 9.97 Å². The van der Waals surface area contributed by atoms with Crippen LogP contribution in [0.4, 0.5) is 5.82 Å². The van der Waals surface area contributed by atoms with E-state index in [1.807, 2.05) is 31.2 Å². The molecule has 37 heavy (non-hydrogen) atoms. The van der Waals surface area contributed by atoms with Crippen LogP contribution in [0.3, 0.4) is 0 Å². The SMILES string of the molecule is Cc1ccc(-c2cnc(N)c(C(=O)Cc3ccc(S(=O)(=O)CP(=O)(OC(C)C)OC(C)C)cc3)n2)cc1. The molecule has 0 aliphatic rings. The lowest BCUT2D eigenvalue weighted by atomic mass is 10.1. The van der Waals surface area contributed by atoms with Gasteiger partial charge in [0, 0.05) is 12.0 Å². The molecule has 0 atom stereocenters. The summed E-state index contributed by atoms with van der Waals surface area (Å²) in [6.07, 6.45) is 0.504. The zero-order valence-corrected chi connectivity index (χ0v) is 23.3. The first-order valence-electron chi connectivity index (χ1n) is 11.8. The average Bonchev–Trinajstić information content (AvgIpc) is 2.78. The number of hydrogen-bond acceptors (Lipinski definition) is 9. The molecule has 9 nitrogen and oxygen atoms in total. The Balaban J connectivity index is 1.78. The van der Waals surface area contributed by atoms with Crippen LogP contribution >= 0.6 is 7.60 Å². The van der Waals surface area contributed by atoms with E-state index in [-0.39, 0.29) is 28.6 Å². The number of nitrogens with two attached hydrogens (primary N) is 1. The van der Waals surface area contributed by atoms with Crippen molar-refractivity contribution in [2.75, 3.05) is 11.2 Å². The van der Waals surface area contributed by atoms with Crippen LogP contribution in [-0.4, -0.2) is 41.9 Å². The fraction of sp³-hybridized carbons (Fsp3) is 0.346. The van der Waals surface area contributed by atoms with Crippen LogP contribution in [-0.2, 0) is 29.9 Å². The average molecular weight is 546 g/mol. The van der Waals surface area contributed by atoms with Gasteiger partial charge in [0.1, 0.15) is 5.69 Å². The van der Waals surface area contributed by atoms with E-state index < -0.39 is 35.1 Å². The summed E-state index contributed by atoms with van der Waals surface area (Å²) in [6, 6.07) is 13.4. The Morgan fingerprint density at radius 2 is 1.54 bits per heavy atom. The molecule has 0 saturated carbocycles. The van der Waals surface area contributed by atoms with E-state index in [4.69, 9.17) is 14.8 Å². The van der Waals surface area contributed by atoms with Gasteiger partial charge in [0.05, 0.1) is 29.0 Å². The molecule has 0 bridgehead atoms. The predicted octanol–water partition coefficient (Wildman–Crippen LogP) is 5.23. The van der Waals surface area contributed by atoms with Gasteiger partial charge in [0.25, 0.3) is 0 Å². The lowest BCUT2D eigenvalue weighted by molar-refractivity contribution is 0.0988. The van der Waals surface area contributed by atoms with Crippen molar-refractivity contribution in [3.63, 3.8) is 0 Å². The summed E-state index contributed by atoms with van der Waals surface area (Å²) >= 11 is 0. The van der Waals surface area contributed by atoms with Crippen LogP contribution in [0.25, 0.3) is 11.3 Å². The second-order valence-electron chi connectivity index (χ2n) is 9.26. The minimum absolute atomic E-state index is 0.0196. The zero-order chi connectivity index (χ0) is 27.4. The summed E-state index contributed by atoms with van der Waals surface area (Å²) in [5.41, 5.74) is 8.18. The zero-order valence-electron chi connectivity index (χ0n) is 21.5. The standard InChI is InChI=1S/C26H32N3O6PS/c1-17(2)34-36(31,35-18(3)4)16-37(32,33)22-12-8-20(9-13-22)14-24(30)25-26(27)28-15-23(29-25)21-10-6-19(5)7-11-21/h6-13,15,17-18H,14,16H2,1-5H3,(H2,27,28). The lowest BCUT2D eigenvalue weighted by Crippen LogP contribution is -2.16. The Kier molecular flexibility index (Phi) is 9.02. The molecule has 0 aliphatic heterocycles. The molecule has 0 fully saturated rings. The van der Waals surface area contributed by atoms with Gasteiger partial charge in [0.15, 0.2) is 26.9 Å². The largest absolute Gasteiger partial charge is 0.382 e. The molecule has 0 aliphatic carbocycles. The number of carbonyl (C=O) groups excluding carboxylic acids is 1. The second-order valence-corrected chi connectivity index (χ2v) is 13.6. The molecule has 2 aromatic carbocycles. The van der Waals surface area contributed by atoms with Crippen molar-refractivity contribution >= 4 is 29.0 Å². The van der Waals surface area contributed by atoms with Gasteiger partial charge in [-0.05, 0) is 52.3 Å². The maximum atomic E-state index is 13.1. The van der Waals surface area contributed by atoms with Gasteiger partial charge in [-0.2, -0.15) is 0 Å². The van der Waals surface area contributed by atoms with Gasteiger partial charge >= 0.3 is 7.60 Å². The summed E-state index contributed by atoms with van der Waals surface area (Å²) in [4.78, 5) is 21.5. The van der Waals surface area contributed by atoms with E-state index in [9.17, 15) is 17.8 Å². The van der Waals surface area contributed by atoms with Gasteiger partial charge in [-0.3, -0.25) is 9.36 Å². The van der Waals surface area contributed by atoms with Crippen molar-refractivity contribution in [2.45, 2.75) is 58.1 Å². The van der Waals surface area contributed by atoms with E-state index in [2.05, 4.69) is 9.97 Å². The third kappa shape index (κ3) is 7.79. The van der Waals surface area contributed by atoms with Crippen molar-refractivity contribution in [3.8, 4) is 11.3 Å². The maximum Gasteiger partial charge on any atom is 0.346 e. The van der Waals surface area contributed by atoms with E-state index >= 15 is 0 Å². The Labute approximate surface area is 217 Å². The van der Waals surface area contributed by atoms with E-state index in [0.717, 1.165) is 11.1 Å². The van der Waals surface area contributed by atoms with Crippen LogP contribution in [0, 0.1) is 6.92 Å². The van der Waals surface area contributed by atoms with E-state index in [1.165, 1.54) is 30.5 Å². The normalized spacial score (nSPS) is 12.3. The molecule has 3 aromatic rings. The number of nitrogen functional groups attached to an aromatic ring is 1. The maximum absolute atomic E-state index is 13.1. The highest BCUT2D eigenvalue weighted by molar-refractivity contribution is 7.97. The predicted molar refractivity (Wildman–Crippen MR) is 143 cm³/mol. The number of sulfone groups is 1. The molecule has 2 N–H and O–H groups in total. The molecule has 0 amide bonds. The Morgan fingerprint density at radius 3 is 2.08 bits per heavy atom. The fourth-order valence-electron chi connectivity index (χ4n) is 3.56. The van der Waals surface area contributed by atoms with Crippen LogP contribution in [0.2, 0.25) is 0 Å². The molecule has 198 valence electrons. The summed E-state index contributed by atoms with van der Waals surface area (Å²) in [5.74, 6) is -0.333. The molecule has 11 heteroatoms.